The van der Waals surface area contributed by atoms with Crippen LogP contribution in [0.4, 0.5) is 20.6 Å². The second-order valence-corrected chi connectivity index (χ2v) is 14.5. The standard InChI is InChI=1S/C25H19Br4ClFN4O2/c1-33-22(36)21-34(35(21,24(33)37)18-10-6-5-9-16(18)31)23(25(28,29)13-30)32-17-12-11-15(26)20(27)19(17)14-7-3-2-4-8-14/h2-12,21,23,32H,13H2,1H3/q+1. The maximum absolute atomic E-state index is 15.2. The van der Waals surface area contributed by atoms with Gasteiger partial charge in [-0.25, -0.2) is 14.1 Å². The van der Waals surface area contributed by atoms with E-state index in [1.807, 2.05) is 42.5 Å². The molecule has 1 N–H and O–H groups in total. The van der Waals surface area contributed by atoms with Crippen LogP contribution in [0.25, 0.3) is 11.1 Å². The summed E-state index contributed by atoms with van der Waals surface area (Å²) in [7, 11) is 1.41. The van der Waals surface area contributed by atoms with Crippen molar-refractivity contribution < 1.29 is 14.0 Å². The first-order valence-electron chi connectivity index (χ1n) is 11.1. The van der Waals surface area contributed by atoms with Gasteiger partial charge in [-0.3, -0.25) is 4.79 Å². The molecule has 0 radical (unpaired) electrons. The normalized spacial score (nSPS) is 23.7. The van der Waals surface area contributed by atoms with Gasteiger partial charge in [0.05, 0.1) is 5.88 Å². The van der Waals surface area contributed by atoms with Crippen LogP contribution in [0.15, 0.2) is 75.7 Å². The molecular weight excluding hydrogens is 762 g/mol. The van der Waals surface area contributed by atoms with Crippen molar-refractivity contribution >= 4 is 98.6 Å². The lowest BCUT2D eigenvalue weighted by Gasteiger charge is -2.32. The Hall–Kier alpha value is -1.34. The van der Waals surface area contributed by atoms with Crippen molar-refractivity contribution in [2.45, 2.75) is 15.6 Å². The Bertz CT molecular complexity index is 1410. The Morgan fingerprint density at radius 2 is 1.70 bits per heavy atom. The number of carbonyl (C=O) groups is 2. The molecule has 192 valence electrons. The summed E-state index contributed by atoms with van der Waals surface area (Å²) in [5.74, 6) is -0.949. The number of rotatable bonds is 7. The van der Waals surface area contributed by atoms with Crippen LogP contribution < -0.4 is 9.91 Å². The van der Waals surface area contributed by atoms with E-state index in [0.29, 0.717) is 5.69 Å². The molecule has 2 heterocycles. The molecule has 2 saturated heterocycles. The van der Waals surface area contributed by atoms with Crippen LogP contribution in [-0.2, 0) is 4.79 Å². The summed E-state index contributed by atoms with van der Waals surface area (Å²) in [6.07, 6.45) is -1.73. The lowest BCUT2D eigenvalue weighted by atomic mass is 10.0. The number of halogens is 6. The van der Waals surface area contributed by atoms with Crippen molar-refractivity contribution in [2.24, 2.45) is 0 Å². The second-order valence-electron chi connectivity index (χ2n) is 8.66. The zero-order chi connectivity index (χ0) is 26.7. The molecule has 0 bridgehead atoms. The average Bonchev–Trinajstić information content (AvgIpc) is 3.53. The third kappa shape index (κ3) is 4.21. The summed E-state index contributed by atoms with van der Waals surface area (Å²) in [5.41, 5.74) is 2.60. The van der Waals surface area contributed by atoms with Crippen molar-refractivity contribution in [2.75, 3.05) is 18.2 Å². The van der Waals surface area contributed by atoms with Crippen molar-refractivity contribution in [1.82, 2.24) is 14.5 Å². The van der Waals surface area contributed by atoms with Crippen molar-refractivity contribution in [1.29, 1.82) is 0 Å². The highest BCUT2D eigenvalue weighted by atomic mass is 79.9. The third-order valence-electron chi connectivity index (χ3n) is 6.56. The van der Waals surface area contributed by atoms with Crippen LogP contribution in [-0.4, -0.2) is 50.3 Å². The molecule has 2 aliphatic rings. The van der Waals surface area contributed by atoms with Crippen LogP contribution in [0.1, 0.15) is 0 Å². The molecule has 12 heteroatoms. The molecule has 37 heavy (non-hydrogen) atoms. The summed E-state index contributed by atoms with van der Waals surface area (Å²) in [4.78, 5) is 27.8. The number of nitrogens with zero attached hydrogens (tertiary/aromatic N) is 3. The topological polar surface area (TPSA) is 52.4 Å². The first-order valence-corrected chi connectivity index (χ1v) is 14.8. The third-order valence-corrected chi connectivity index (χ3v) is 11.1. The summed E-state index contributed by atoms with van der Waals surface area (Å²) in [6, 6.07) is 19.0. The molecule has 3 amide bonds. The highest BCUT2D eigenvalue weighted by molar-refractivity contribution is 9.25. The number of anilines is 1. The Labute approximate surface area is 251 Å². The number of benzene rings is 3. The van der Waals surface area contributed by atoms with Gasteiger partial charge in [0.25, 0.3) is 0 Å². The van der Waals surface area contributed by atoms with E-state index in [-0.39, 0.29) is 11.6 Å². The highest BCUT2D eigenvalue weighted by Gasteiger charge is 2.86. The molecule has 2 fully saturated rings. The predicted octanol–water partition coefficient (Wildman–Crippen LogP) is 7.64. The highest BCUT2D eigenvalue weighted by Crippen LogP contribution is 2.56. The number of imide groups is 1. The fourth-order valence-electron chi connectivity index (χ4n) is 4.80. The monoisotopic (exact) mass is 777 g/mol. The summed E-state index contributed by atoms with van der Waals surface area (Å²) in [6.45, 7) is 0. The molecule has 3 aromatic carbocycles. The SMILES string of the molecule is CN1C(=O)C2N(C(Nc3ccc(Br)c(Br)c3-c3ccccc3)C(Br)(Br)CCl)[N+]2(c2ccccc2F)C1=O. The van der Waals surface area contributed by atoms with E-state index < -0.39 is 37.9 Å². The van der Waals surface area contributed by atoms with Crippen molar-refractivity contribution in [3.8, 4) is 11.1 Å². The molecule has 2 aliphatic heterocycles. The van der Waals surface area contributed by atoms with Crippen molar-refractivity contribution in [3.05, 3.63) is 81.5 Å². The van der Waals surface area contributed by atoms with Gasteiger partial charge in [0.1, 0.15) is 3.23 Å². The first-order chi connectivity index (χ1) is 17.6. The van der Waals surface area contributed by atoms with Gasteiger partial charge in [-0.1, -0.05) is 78.9 Å². The minimum atomic E-state index is -1.00. The van der Waals surface area contributed by atoms with E-state index in [9.17, 15) is 9.59 Å². The molecule has 3 aromatic rings. The Morgan fingerprint density at radius 3 is 2.35 bits per heavy atom. The number of urea groups is 1. The maximum Gasteiger partial charge on any atom is 0.452 e. The summed E-state index contributed by atoms with van der Waals surface area (Å²) < 4.78 is 15.2. The van der Waals surface area contributed by atoms with Crippen LogP contribution in [0, 0.1) is 5.82 Å². The Kier molecular flexibility index (Phi) is 7.36. The predicted molar refractivity (Wildman–Crippen MR) is 158 cm³/mol. The Morgan fingerprint density at radius 1 is 1.05 bits per heavy atom. The summed E-state index contributed by atoms with van der Waals surface area (Å²) in [5, 5.41) is 5.14. The quantitative estimate of drug-likeness (QED) is 0.116. The van der Waals surface area contributed by atoms with E-state index >= 15 is 4.39 Å². The van der Waals surface area contributed by atoms with Crippen LogP contribution >= 0.6 is 75.3 Å². The number of carbonyl (C=O) groups excluding carboxylic acids is 2. The van der Waals surface area contributed by atoms with Gasteiger partial charge in [-0.05, 0) is 60.6 Å². The van der Waals surface area contributed by atoms with Gasteiger partial charge >= 0.3 is 18.1 Å². The van der Waals surface area contributed by atoms with E-state index in [1.165, 1.54) is 19.2 Å². The average molecular weight is 782 g/mol. The number of nitrogens with one attached hydrogen (secondary N) is 1. The van der Waals surface area contributed by atoms with Gasteiger partial charge in [0, 0.05) is 33.3 Å². The number of amides is 3. The zero-order valence-electron chi connectivity index (χ0n) is 19.1. The number of likely N-dealkylation sites (N-methyl/N-ethyl adjacent to an activating group) is 1. The smallest absolute Gasteiger partial charge is 0.363 e. The molecule has 0 saturated carbocycles. The summed E-state index contributed by atoms with van der Waals surface area (Å²) >= 11 is 21.0. The molecular formula is C25H19Br4ClFN4O2+. The van der Waals surface area contributed by atoms with Crippen LogP contribution in [0.5, 0.6) is 0 Å². The van der Waals surface area contributed by atoms with Crippen LogP contribution in [0.3, 0.4) is 0 Å². The fourth-order valence-corrected chi connectivity index (χ4v) is 6.50. The number of hydrogen-bond donors (Lipinski definition) is 1. The molecule has 4 unspecified atom stereocenters. The van der Waals surface area contributed by atoms with E-state index in [0.717, 1.165) is 25.0 Å². The number of quaternary nitrogens is 1. The number of para-hydroxylation sites is 1. The van der Waals surface area contributed by atoms with E-state index in [2.05, 4.69) is 69.0 Å². The van der Waals surface area contributed by atoms with Gasteiger partial charge in [0.15, 0.2) is 17.7 Å². The second kappa shape index (κ2) is 10.0. The Balaban J connectivity index is 1.67. The maximum atomic E-state index is 15.2. The zero-order valence-corrected chi connectivity index (χ0v) is 26.2. The lowest BCUT2D eigenvalue weighted by Crippen LogP contribution is -2.54. The van der Waals surface area contributed by atoms with Gasteiger partial charge < -0.3 is 5.32 Å². The number of fused-ring (bicyclic) bond motifs is 1. The number of hydrogen-bond acceptors (Lipinski definition) is 4. The van der Waals surface area contributed by atoms with E-state index in [1.54, 1.807) is 17.1 Å². The molecule has 5 rings (SSSR count). The first kappa shape index (κ1) is 27.2. The van der Waals surface area contributed by atoms with Gasteiger partial charge in [-0.15, -0.1) is 11.6 Å². The largest absolute Gasteiger partial charge is 0.452 e. The lowest BCUT2D eigenvalue weighted by molar-refractivity contribution is -0.126. The fraction of sp³-hybridized carbons (Fsp3) is 0.200. The number of alkyl halides is 3. The molecule has 0 aliphatic carbocycles. The molecule has 0 spiro atoms. The minimum Gasteiger partial charge on any atom is -0.363 e. The van der Waals surface area contributed by atoms with Gasteiger partial charge in [-0.2, -0.15) is 0 Å². The molecule has 4 atom stereocenters. The van der Waals surface area contributed by atoms with Gasteiger partial charge in [0.2, 0.25) is 0 Å². The molecule has 0 aromatic heterocycles. The van der Waals surface area contributed by atoms with Crippen molar-refractivity contribution in [3.63, 3.8) is 0 Å². The van der Waals surface area contributed by atoms with Crippen LogP contribution in [0.2, 0.25) is 0 Å². The van der Waals surface area contributed by atoms with E-state index in [4.69, 9.17) is 11.6 Å². The minimum absolute atomic E-state index is 0.0573. The molecule has 6 nitrogen and oxygen atoms in total.